The molecule has 1 amide bonds. The van der Waals surface area contributed by atoms with Crippen molar-refractivity contribution < 1.29 is 18.3 Å². The molecule has 2 aliphatic rings. The Bertz CT molecular complexity index is 1860. The normalized spacial score (nSPS) is 20.7. The number of nitrogens with zero attached hydrogens (tertiary/aromatic N) is 6. The first-order valence-electron chi connectivity index (χ1n) is 15.3. The highest BCUT2D eigenvalue weighted by atomic mass is 35.5. The van der Waals surface area contributed by atoms with E-state index in [1.807, 2.05) is 37.3 Å². The van der Waals surface area contributed by atoms with E-state index < -0.39 is 18.4 Å². The molecule has 0 spiro atoms. The van der Waals surface area contributed by atoms with Crippen LogP contribution in [0, 0.1) is 6.92 Å². The minimum Gasteiger partial charge on any atom is -0.383 e. The van der Waals surface area contributed by atoms with Gasteiger partial charge in [-0.1, -0.05) is 35.9 Å². The summed E-state index contributed by atoms with van der Waals surface area (Å²) in [5, 5.41) is 11.1. The van der Waals surface area contributed by atoms with Crippen LogP contribution in [0.4, 0.5) is 13.9 Å². The van der Waals surface area contributed by atoms with Crippen molar-refractivity contribution >= 4 is 44.9 Å². The number of fused-ring (bicyclic) bond motifs is 2. The number of rotatable bonds is 9. The van der Waals surface area contributed by atoms with Crippen LogP contribution in [0.15, 0.2) is 54.4 Å². The van der Waals surface area contributed by atoms with Gasteiger partial charge in [-0.15, -0.1) is 11.3 Å². The molecule has 46 heavy (non-hydrogen) atoms. The first-order chi connectivity index (χ1) is 22.3. The zero-order chi connectivity index (χ0) is 31.9. The first-order valence-corrected chi connectivity index (χ1v) is 16.6. The average molecular weight is 666 g/mol. The molecule has 0 saturated carbocycles. The third kappa shape index (κ3) is 5.83. The summed E-state index contributed by atoms with van der Waals surface area (Å²) in [4.78, 5) is 24.6. The second-order valence-corrected chi connectivity index (χ2v) is 13.3. The number of anilines is 1. The highest BCUT2D eigenvalue weighted by molar-refractivity contribution is 7.13. The number of hydrogen-bond acceptors (Lipinski definition) is 7. The molecule has 0 radical (unpaired) electrons. The minimum atomic E-state index is -1.04. The van der Waals surface area contributed by atoms with Crippen molar-refractivity contribution in [2.45, 2.75) is 50.6 Å². The standard InChI is InChI=1S/C33H34ClF2N7O2S/c1-19-24(21-5-3-20(4-6-21)23-7-9-41(10-11-45-2)17-27(23)36)14-26(34)25-16-43(40-29(19)25)31(32(44)39-33-37-8-12-46-33)30-28-13-22(35)15-42(28)18-38-30/h3-6,8,12,14,16,18,22-23,27,31H,7,9-11,13,15,17H2,1-2H3,(H,37,39,44)/t22-,23+,27-,31?/m1/s1. The van der Waals surface area contributed by atoms with Crippen molar-refractivity contribution in [3.8, 4) is 11.1 Å². The highest BCUT2D eigenvalue weighted by Gasteiger charge is 2.35. The Hall–Kier alpha value is -3.71. The highest BCUT2D eigenvalue weighted by Crippen LogP contribution is 2.38. The Morgan fingerprint density at radius 2 is 2.04 bits per heavy atom. The Morgan fingerprint density at radius 1 is 1.22 bits per heavy atom. The Morgan fingerprint density at radius 3 is 2.78 bits per heavy atom. The summed E-state index contributed by atoms with van der Waals surface area (Å²) in [6.07, 6.45) is 3.88. The Kier molecular flexibility index (Phi) is 8.62. The molecule has 1 N–H and O–H groups in total. The van der Waals surface area contributed by atoms with Gasteiger partial charge in [0.05, 0.1) is 35.7 Å². The van der Waals surface area contributed by atoms with Gasteiger partial charge >= 0.3 is 0 Å². The van der Waals surface area contributed by atoms with Gasteiger partial charge < -0.3 is 9.30 Å². The lowest BCUT2D eigenvalue weighted by Crippen LogP contribution is -2.42. The van der Waals surface area contributed by atoms with Crippen molar-refractivity contribution in [2.75, 3.05) is 38.7 Å². The van der Waals surface area contributed by atoms with E-state index in [0.717, 1.165) is 41.8 Å². The maximum Gasteiger partial charge on any atom is 0.257 e. The van der Waals surface area contributed by atoms with Gasteiger partial charge in [-0.2, -0.15) is 5.10 Å². The van der Waals surface area contributed by atoms with Crippen molar-refractivity contribution in [3.05, 3.63) is 82.0 Å². The van der Waals surface area contributed by atoms with Gasteiger partial charge in [0, 0.05) is 61.4 Å². The van der Waals surface area contributed by atoms with Crippen molar-refractivity contribution in [2.24, 2.45) is 0 Å². The summed E-state index contributed by atoms with van der Waals surface area (Å²) in [6.45, 7) is 4.75. The Labute approximate surface area is 274 Å². The van der Waals surface area contributed by atoms with Gasteiger partial charge in [0.15, 0.2) is 11.2 Å². The number of methoxy groups -OCH3 is 1. The van der Waals surface area contributed by atoms with Gasteiger partial charge in [0.2, 0.25) is 0 Å². The van der Waals surface area contributed by atoms with Crippen molar-refractivity contribution in [1.29, 1.82) is 0 Å². The molecule has 0 bridgehead atoms. The molecule has 13 heteroatoms. The van der Waals surface area contributed by atoms with Gasteiger partial charge in [-0.05, 0) is 48.2 Å². The predicted molar refractivity (Wildman–Crippen MR) is 175 cm³/mol. The number of aromatic nitrogens is 5. The van der Waals surface area contributed by atoms with E-state index in [0.29, 0.717) is 45.6 Å². The van der Waals surface area contributed by atoms with Gasteiger partial charge in [-0.25, -0.2) is 18.7 Å². The second kappa shape index (κ2) is 12.8. The number of aryl methyl sites for hydroxylation is 1. The third-order valence-electron chi connectivity index (χ3n) is 9.13. The lowest BCUT2D eigenvalue weighted by Gasteiger charge is -2.34. The van der Waals surface area contributed by atoms with Crippen LogP contribution in [0.5, 0.6) is 0 Å². The summed E-state index contributed by atoms with van der Waals surface area (Å²) < 4.78 is 38.0. The van der Waals surface area contributed by atoms with E-state index in [-0.39, 0.29) is 24.8 Å². The molecular weight excluding hydrogens is 632 g/mol. The van der Waals surface area contributed by atoms with Crippen LogP contribution in [-0.2, 0) is 22.5 Å². The third-order valence-corrected chi connectivity index (χ3v) is 10.1. The van der Waals surface area contributed by atoms with E-state index in [1.165, 1.54) is 11.3 Å². The quantitative estimate of drug-likeness (QED) is 0.201. The number of alkyl halides is 2. The minimum absolute atomic E-state index is 0.153. The van der Waals surface area contributed by atoms with Crippen LogP contribution < -0.4 is 5.32 Å². The van der Waals surface area contributed by atoms with E-state index in [4.69, 9.17) is 21.4 Å². The lowest BCUT2D eigenvalue weighted by atomic mass is 9.86. The number of likely N-dealkylation sites (tertiary alicyclic amines) is 1. The van der Waals surface area contributed by atoms with Gasteiger partial charge in [-0.3, -0.25) is 19.7 Å². The number of nitrogens with one attached hydrogen (secondary N) is 1. The number of piperidine rings is 1. The SMILES string of the molecule is COCCN1CC[C@@H](c2ccc(-c3cc(Cl)c4cn(C(C(=O)Nc5nccs5)c5ncn6c5C[C@@H](F)C6)nc4c3C)cc2)[C@H](F)C1. The number of hydrogen-bond donors (Lipinski definition) is 1. The molecule has 9 nitrogen and oxygen atoms in total. The molecule has 0 aliphatic carbocycles. The molecule has 7 rings (SSSR count). The number of ether oxygens (including phenoxy) is 1. The molecule has 5 heterocycles. The zero-order valence-electron chi connectivity index (χ0n) is 25.5. The summed E-state index contributed by atoms with van der Waals surface area (Å²) in [5.74, 6) is -0.535. The number of carbonyl (C=O) groups excluding carboxylic acids is 1. The topological polar surface area (TPSA) is 90.1 Å². The number of halogens is 3. The van der Waals surface area contributed by atoms with E-state index >= 15 is 4.39 Å². The summed E-state index contributed by atoms with van der Waals surface area (Å²) >= 11 is 8.16. The molecule has 4 atom stereocenters. The maximum atomic E-state index is 15.2. The van der Waals surface area contributed by atoms with Crippen LogP contribution in [0.1, 0.15) is 40.9 Å². The fourth-order valence-corrected chi connectivity index (χ4v) is 7.52. The number of thiazole rings is 1. The molecule has 1 fully saturated rings. The summed E-state index contributed by atoms with van der Waals surface area (Å²) in [7, 11) is 1.66. The molecule has 240 valence electrons. The summed E-state index contributed by atoms with van der Waals surface area (Å²) in [6, 6.07) is 8.96. The van der Waals surface area contributed by atoms with Crippen molar-refractivity contribution in [3.63, 3.8) is 0 Å². The number of benzene rings is 2. The van der Waals surface area contributed by atoms with Crippen LogP contribution in [0.3, 0.4) is 0 Å². The fraction of sp³-hybridized carbons (Fsp3) is 0.394. The molecular formula is C33H34ClF2N7O2S. The van der Waals surface area contributed by atoms with Gasteiger partial charge in [0.1, 0.15) is 12.3 Å². The Balaban J connectivity index is 1.20. The molecule has 2 aliphatic heterocycles. The number of carbonyl (C=O) groups is 1. The maximum absolute atomic E-state index is 15.2. The second-order valence-electron chi connectivity index (χ2n) is 12.0. The van der Waals surface area contributed by atoms with Crippen LogP contribution in [0.2, 0.25) is 5.02 Å². The molecule has 1 saturated heterocycles. The van der Waals surface area contributed by atoms with Crippen LogP contribution in [0.25, 0.3) is 22.0 Å². The number of amides is 1. The van der Waals surface area contributed by atoms with E-state index in [2.05, 4.69) is 20.2 Å². The smallest absolute Gasteiger partial charge is 0.257 e. The lowest BCUT2D eigenvalue weighted by molar-refractivity contribution is -0.118. The first kappa shape index (κ1) is 30.9. The van der Waals surface area contributed by atoms with Gasteiger partial charge in [0.25, 0.3) is 5.91 Å². The monoisotopic (exact) mass is 665 g/mol. The van der Waals surface area contributed by atoms with Crippen LogP contribution >= 0.6 is 22.9 Å². The van der Waals surface area contributed by atoms with Crippen molar-refractivity contribution in [1.82, 2.24) is 29.2 Å². The van der Waals surface area contributed by atoms with E-state index in [1.54, 1.807) is 40.5 Å². The molecule has 2 aromatic carbocycles. The molecule has 1 unspecified atom stereocenters. The predicted octanol–water partition coefficient (Wildman–Crippen LogP) is 6.21. The molecule has 5 aromatic rings. The largest absolute Gasteiger partial charge is 0.383 e. The average Bonchev–Trinajstić information content (AvgIpc) is 3.85. The fourth-order valence-electron chi connectivity index (χ4n) is 6.74. The van der Waals surface area contributed by atoms with E-state index in [9.17, 15) is 9.18 Å². The summed E-state index contributed by atoms with van der Waals surface area (Å²) in [5.41, 5.74) is 5.46. The van der Waals surface area contributed by atoms with Crippen LogP contribution in [-0.4, -0.2) is 80.8 Å². The number of imidazole rings is 1. The zero-order valence-corrected chi connectivity index (χ0v) is 27.1. The molecule has 3 aromatic heterocycles.